The van der Waals surface area contributed by atoms with Gasteiger partial charge < -0.3 is 10.1 Å². The lowest BCUT2D eigenvalue weighted by Crippen LogP contribution is -2.11. The van der Waals surface area contributed by atoms with Crippen LogP contribution in [0.3, 0.4) is 0 Å². The number of anilines is 1. The maximum Gasteiger partial charge on any atom is 0.267 e. The summed E-state index contributed by atoms with van der Waals surface area (Å²) in [6, 6.07) is 9.19. The molecule has 0 unspecified atom stereocenters. The molecule has 1 amide bonds. The van der Waals surface area contributed by atoms with Crippen molar-refractivity contribution in [3.63, 3.8) is 0 Å². The van der Waals surface area contributed by atoms with E-state index in [1.165, 1.54) is 23.5 Å². The van der Waals surface area contributed by atoms with E-state index in [-0.39, 0.29) is 18.3 Å². The zero-order valence-electron chi connectivity index (χ0n) is 12.8. The van der Waals surface area contributed by atoms with Gasteiger partial charge in [-0.05, 0) is 43.3 Å². The molecule has 0 aliphatic heterocycles. The van der Waals surface area contributed by atoms with Gasteiger partial charge in [0.15, 0.2) is 0 Å². The number of aromatic nitrogens is 2. The maximum atomic E-state index is 12.9. The smallest absolute Gasteiger partial charge is 0.267 e. The van der Waals surface area contributed by atoms with Crippen molar-refractivity contribution in [1.29, 1.82) is 0 Å². The van der Waals surface area contributed by atoms with Crippen LogP contribution < -0.4 is 10.1 Å². The highest BCUT2D eigenvalue weighted by atomic mass is 32.1. The molecule has 0 saturated heterocycles. The number of amides is 1. The molecular weight excluding hydrogens is 329 g/mol. The van der Waals surface area contributed by atoms with E-state index in [4.69, 9.17) is 4.74 Å². The number of benzene rings is 1. The first-order chi connectivity index (χ1) is 11.6. The van der Waals surface area contributed by atoms with Gasteiger partial charge in [-0.25, -0.2) is 9.37 Å². The van der Waals surface area contributed by atoms with Crippen LogP contribution in [0.1, 0.15) is 20.4 Å². The molecule has 3 rings (SSSR count). The number of nitrogens with zero attached hydrogens (tertiary/aromatic N) is 2. The molecule has 0 atom stereocenters. The molecule has 2 aromatic heterocycles. The second kappa shape index (κ2) is 7.18. The van der Waals surface area contributed by atoms with E-state index < -0.39 is 0 Å². The van der Waals surface area contributed by atoms with Gasteiger partial charge in [0, 0.05) is 18.1 Å². The molecule has 0 aliphatic carbocycles. The fourth-order valence-corrected chi connectivity index (χ4v) is 2.90. The van der Waals surface area contributed by atoms with Crippen molar-refractivity contribution in [2.24, 2.45) is 0 Å². The maximum absolute atomic E-state index is 12.9. The van der Waals surface area contributed by atoms with Crippen molar-refractivity contribution in [3.8, 4) is 5.75 Å². The first-order valence-corrected chi connectivity index (χ1v) is 7.99. The van der Waals surface area contributed by atoms with Gasteiger partial charge in [0.1, 0.15) is 28.1 Å². The molecule has 0 bridgehead atoms. The number of pyridine rings is 1. The van der Waals surface area contributed by atoms with E-state index in [1.54, 1.807) is 43.6 Å². The van der Waals surface area contributed by atoms with Gasteiger partial charge in [-0.1, -0.05) is 0 Å². The van der Waals surface area contributed by atoms with Crippen LogP contribution in [0.15, 0.2) is 48.8 Å². The molecule has 24 heavy (non-hydrogen) atoms. The van der Waals surface area contributed by atoms with E-state index in [1.807, 2.05) is 0 Å². The summed E-state index contributed by atoms with van der Waals surface area (Å²) < 4.78 is 18.4. The van der Waals surface area contributed by atoms with Crippen molar-refractivity contribution in [1.82, 2.24) is 9.97 Å². The van der Waals surface area contributed by atoms with Crippen LogP contribution in [0.25, 0.3) is 0 Å². The molecule has 1 aromatic carbocycles. The molecule has 1 N–H and O–H groups in total. The Bertz CT molecular complexity index is 835. The largest absolute Gasteiger partial charge is 0.486 e. The third-order valence-corrected chi connectivity index (χ3v) is 4.29. The van der Waals surface area contributed by atoms with Gasteiger partial charge in [-0.2, -0.15) is 0 Å². The van der Waals surface area contributed by atoms with Gasteiger partial charge >= 0.3 is 0 Å². The zero-order valence-corrected chi connectivity index (χ0v) is 13.6. The summed E-state index contributed by atoms with van der Waals surface area (Å²) in [6.45, 7) is 2.00. The molecule has 122 valence electrons. The number of nitrogens with one attached hydrogen (secondary N) is 1. The van der Waals surface area contributed by atoms with Gasteiger partial charge in [-0.15, -0.1) is 11.3 Å². The second-order valence-corrected chi connectivity index (χ2v) is 6.04. The molecule has 2 heterocycles. The third-order valence-electron chi connectivity index (χ3n) is 3.16. The fourth-order valence-electron chi connectivity index (χ4n) is 2.02. The highest BCUT2D eigenvalue weighted by Crippen LogP contribution is 2.21. The number of carbonyl (C=O) groups excluding carboxylic acids is 1. The summed E-state index contributed by atoms with van der Waals surface area (Å²) in [5.74, 6) is 0.0128. The highest BCUT2D eigenvalue weighted by Gasteiger charge is 2.15. The van der Waals surface area contributed by atoms with Gasteiger partial charge in [0.2, 0.25) is 0 Å². The molecule has 0 radical (unpaired) electrons. The second-order valence-electron chi connectivity index (χ2n) is 4.95. The van der Waals surface area contributed by atoms with Gasteiger partial charge in [0.25, 0.3) is 5.91 Å². The SMILES string of the molecule is Cc1nc(COc2ccc(F)cc2)sc1C(=O)Nc1ccncc1. The molecular formula is C17H14FN3O2S. The average molecular weight is 343 g/mol. The van der Waals surface area contributed by atoms with Crippen LogP contribution in [-0.4, -0.2) is 15.9 Å². The Morgan fingerprint density at radius 2 is 1.92 bits per heavy atom. The number of hydrogen-bond acceptors (Lipinski definition) is 5. The minimum absolute atomic E-state index is 0.218. The van der Waals surface area contributed by atoms with Crippen LogP contribution in [-0.2, 0) is 6.61 Å². The fraction of sp³-hybridized carbons (Fsp3) is 0.118. The summed E-state index contributed by atoms with van der Waals surface area (Å²) in [7, 11) is 0. The number of rotatable bonds is 5. The van der Waals surface area contributed by atoms with Gasteiger partial charge in [-0.3, -0.25) is 9.78 Å². The van der Waals surface area contributed by atoms with E-state index in [2.05, 4.69) is 15.3 Å². The Hall–Kier alpha value is -2.80. The number of thiazole rings is 1. The Labute approximate surface area is 142 Å². The quantitative estimate of drug-likeness (QED) is 0.765. The molecule has 0 spiro atoms. The number of ether oxygens (including phenoxy) is 1. The molecule has 0 fully saturated rings. The van der Waals surface area contributed by atoms with Crippen molar-refractivity contribution in [3.05, 3.63) is 70.2 Å². The Morgan fingerprint density at radius 3 is 2.62 bits per heavy atom. The molecule has 0 saturated carbocycles. The first kappa shape index (κ1) is 16.1. The van der Waals surface area contributed by atoms with E-state index in [0.717, 1.165) is 0 Å². The minimum Gasteiger partial charge on any atom is -0.486 e. The van der Waals surface area contributed by atoms with Crippen LogP contribution in [0.5, 0.6) is 5.75 Å². The highest BCUT2D eigenvalue weighted by molar-refractivity contribution is 7.13. The summed E-state index contributed by atoms with van der Waals surface area (Å²) in [4.78, 5) is 21.1. The van der Waals surface area contributed by atoms with Crippen molar-refractivity contribution < 1.29 is 13.9 Å². The first-order valence-electron chi connectivity index (χ1n) is 7.18. The van der Waals surface area contributed by atoms with E-state index >= 15 is 0 Å². The predicted molar refractivity (Wildman–Crippen MR) is 89.8 cm³/mol. The standard InChI is InChI=1S/C17H14FN3O2S/c1-11-16(17(22)21-13-6-8-19-9-7-13)24-15(20-11)10-23-14-4-2-12(18)3-5-14/h2-9H,10H2,1H3,(H,19,21,22). The van der Waals surface area contributed by atoms with Crippen molar-refractivity contribution in [2.45, 2.75) is 13.5 Å². The summed E-state index contributed by atoms with van der Waals surface area (Å²) in [5.41, 5.74) is 1.32. The summed E-state index contributed by atoms with van der Waals surface area (Å²) in [5, 5.41) is 3.48. The topological polar surface area (TPSA) is 64.1 Å². The van der Waals surface area contributed by atoms with Gasteiger partial charge in [0.05, 0.1) is 5.69 Å². The number of halogens is 1. The molecule has 3 aromatic rings. The third kappa shape index (κ3) is 3.94. The van der Waals surface area contributed by atoms with Crippen LogP contribution in [0, 0.1) is 12.7 Å². The lowest BCUT2D eigenvalue weighted by atomic mass is 10.3. The number of aryl methyl sites for hydroxylation is 1. The Balaban J connectivity index is 1.66. The monoisotopic (exact) mass is 343 g/mol. The molecule has 5 nitrogen and oxygen atoms in total. The molecule has 0 aliphatic rings. The van der Waals surface area contributed by atoms with Crippen molar-refractivity contribution >= 4 is 22.9 Å². The number of carbonyl (C=O) groups is 1. The van der Waals surface area contributed by atoms with Crippen LogP contribution in [0.2, 0.25) is 0 Å². The Morgan fingerprint density at radius 1 is 1.21 bits per heavy atom. The normalized spacial score (nSPS) is 10.4. The van der Waals surface area contributed by atoms with E-state index in [0.29, 0.717) is 27.0 Å². The lowest BCUT2D eigenvalue weighted by Gasteiger charge is -2.03. The average Bonchev–Trinajstić information content (AvgIpc) is 2.96. The number of hydrogen-bond donors (Lipinski definition) is 1. The minimum atomic E-state index is -0.317. The summed E-state index contributed by atoms with van der Waals surface area (Å²) in [6.07, 6.45) is 3.22. The van der Waals surface area contributed by atoms with Crippen molar-refractivity contribution in [2.75, 3.05) is 5.32 Å². The van der Waals surface area contributed by atoms with Crippen LogP contribution >= 0.6 is 11.3 Å². The molecule has 7 heteroatoms. The Kier molecular flexibility index (Phi) is 4.81. The zero-order chi connectivity index (χ0) is 16.9. The van der Waals surface area contributed by atoms with E-state index in [9.17, 15) is 9.18 Å². The lowest BCUT2D eigenvalue weighted by molar-refractivity contribution is 0.103. The van der Waals surface area contributed by atoms with Crippen LogP contribution in [0.4, 0.5) is 10.1 Å². The predicted octanol–water partition coefficient (Wildman–Crippen LogP) is 3.82. The summed E-state index contributed by atoms with van der Waals surface area (Å²) >= 11 is 1.27.